The van der Waals surface area contributed by atoms with Crippen LogP contribution < -0.4 is 4.89 Å². The van der Waals surface area contributed by atoms with Gasteiger partial charge in [-0.25, -0.2) is 0 Å². The van der Waals surface area contributed by atoms with Crippen LogP contribution in [0.15, 0.2) is 24.3 Å². The molecule has 2 unspecified atom stereocenters. The number of nitrogens with zero attached hydrogens (tertiary/aromatic N) is 1. The molecule has 0 fully saturated rings. The first-order valence-electron chi connectivity index (χ1n) is 34.0. The largest absolute Gasteiger partial charge is 0.756 e. The molecule has 9 nitrogen and oxygen atoms in total. The maximum absolute atomic E-state index is 12.8. The molecule has 0 amide bonds. The minimum Gasteiger partial charge on any atom is -0.756 e. The van der Waals surface area contributed by atoms with Gasteiger partial charge in [0, 0.05) is 12.8 Å². The highest BCUT2D eigenvalue weighted by Crippen LogP contribution is 2.38. The summed E-state index contributed by atoms with van der Waals surface area (Å²) in [5, 5.41) is 0. The molecule has 0 aliphatic carbocycles. The number of carbonyl (C=O) groups excluding carboxylic acids is 2. The molecule has 0 N–H and O–H groups in total. The number of hydrogen-bond donors (Lipinski definition) is 0. The zero-order chi connectivity index (χ0) is 57.0. The third kappa shape index (κ3) is 63.7. The number of likely N-dealkylation sites (N-methyl/N-ethyl adjacent to an activating group) is 1. The highest BCUT2D eigenvalue weighted by Gasteiger charge is 2.22. The fourth-order valence-electron chi connectivity index (χ4n) is 10.2. The van der Waals surface area contributed by atoms with Crippen LogP contribution in [0.1, 0.15) is 348 Å². The SMILES string of the molecule is CCCCCC/C=C\CCCCCCCC(=O)OCC(COP(=O)([O-])OCC[N+](C)(C)C)OC(=O)CCCCCCCCCCCCCCCCCCCCCCCCCCCCCCC/C=C\CCCCCCCCCC. The van der Waals surface area contributed by atoms with Crippen LogP contribution in [-0.4, -0.2) is 70.0 Å². The number of rotatable bonds is 64. The summed E-state index contributed by atoms with van der Waals surface area (Å²) in [5.74, 6) is -0.827. The van der Waals surface area contributed by atoms with Crippen LogP contribution in [-0.2, 0) is 32.7 Å². The first-order chi connectivity index (χ1) is 38.0. The van der Waals surface area contributed by atoms with Gasteiger partial charge in [0.1, 0.15) is 19.8 Å². The minimum atomic E-state index is -4.63. The standard InChI is InChI=1S/C68H132NO8P/c1-6-8-10-12-14-16-18-20-21-22-23-24-25-26-27-28-29-30-31-32-33-34-35-36-37-38-39-40-41-42-43-44-45-46-47-49-51-53-55-57-59-61-68(71)77-66(65-76-78(72,73)75-63-62-69(3,4)5)64-74-67(70)60-58-56-54-52-50-48-19-17-15-13-11-9-7-2/h17,19,22-23,66H,6-16,18,20-21,24-65H2,1-5H3/b19-17-,23-22-. The molecule has 78 heavy (non-hydrogen) atoms. The maximum atomic E-state index is 12.8. The molecule has 0 heterocycles. The summed E-state index contributed by atoms with van der Waals surface area (Å²) >= 11 is 0. The van der Waals surface area contributed by atoms with Crippen LogP contribution in [0.25, 0.3) is 0 Å². The lowest BCUT2D eigenvalue weighted by molar-refractivity contribution is -0.870. The normalized spacial score (nSPS) is 13.3. The Morgan fingerprint density at radius 2 is 0.654 bits per heavy atom. The number of allylic oxidation sites excluding steroid dienone is 4. The van der Waals surface area contributed by atoms with Gasteiger partial charge in [0.25, 0.3) is 7.82 Å². The molecule has 0 bridgehead atoms. The molecular weight excluding hydrogens is 990 g/mol. The van der Waals surface area contributed by atoms with Crippen molar-refractivity contribution >= 4 is 19.8 Å². The predicted octanol–water partition coefficient (Wildman–Crippen LogP) is 21.1. The lowest BCUT2D eigenvalue weighted by Crippen LogP contribution is -2.37. The summed E-state index contributed by atoms with van der Waals surface area (Å²) in [4.78, 5) is 37.8. The maximum Gasteiger partial charge on any atom is 0.306 e. The number of carbonyl (C=O) groups is 2. The molecule has 0 aromatic heterocycles. The van der Waals surface area contributed by atoms with E-state index in [-0.39, 0.29) is 32.0 Å². The van der Waals surface area contributed by atoms with E-state index in [4.69, 9.17) is 18.5 Å². The van der Waals surface area contributed by atoms with E-state index in [9.17, 15) is 19.0 Å². The fourth-order valence-corrected chi connectivity index (χ4v) is 10.9. The summed E-state index contributed by atoms with van der Waals surface area (Å²) in [7, 11) is 1.18. The van der Waals surface area contributed by atoms with Crippen molar-refractivity contribution in [2.75, 3.05) is 47.5 Å². The Bertz CT molecular complexity index is 1370. The van der Waals surface area contributed by atoms with Gasteiger partial charge < -0.3 is 27.9 Å². The van der Waals surface area contributed by atoms with E-state index in [0.717, 1.165) is 51.4 Å². The van der Waals surface area contributed by atoms with Gasteiger partial charge in [-0.3, -0.25) is 14.2 Å². The van der Waals surface area contributed by atoms with Crippen LogP contribution in [0.2, 0.25) is 0 Å². The van der Waals surface area contributed by atoms with Crippen LogP contribution in [0.5, 0.6) is 0 Å². The van der Waals surface area contributed by atoms with Crippen molar-refractivity contribution < 1.29 is 42.1 Å². The van der Waals surface area contributed by atoms with Crippen molar-refractivity contribution in [3.63, 3.8) is 0 Å². The van der Waals surface area contributed by atoms with Gasteiger partial charge in [-0.1, -0.05) is 295 Å². The lowest BCUT2D eigenvalue weighted by Gasteiger charge is -2.28. The topological polar surface area (TPSA) is 111 Å². The van der Waals surface area contributed by atoms with Gasteiger partial charge in [0.15, 0.2) is 6.10 Å². The van der Waals surface area contributed by atoms with E-state index in [1.807, 2.05) is 21.1 Å². The quantitative estimate of drug-likeness (QED) is 0.0195. The molecule has 0 aromatic carbocycles. The molecule has 2 atom stereocenters. The number of esters is 2. The fraction of sp³-hybridized carbons (Fsp3) is 0.912. The molecule has 0 rings (SSSR count). The minimum absolute atomic E-state index is 0.0290. The van der Waals surface area contributed by atoms with E-state index in [1.54, 1.807) is 0 Å². The molecular formula is C68H132NO8P. The first kappa shape index (κ1) is 76.5. The predicted molar refractivity (Wildman–Crippen MR) is 333 cm³/mol. The number of phosphoric ester groups is 1. The highest BCUT2D eigenvalue weighted by molar-refractivity contribution is 7.45. The van der Waals surface area contributed by atoms with Crippen molar-refractivity contribution in [1.29, 1.82) is 0 Å². The average Bonchev–Trinajstić information content (AvgIpc) is 3.40. The number of quaternary nitrogens is 1. The van der Waals surface area contributed by atoms with Gasteiger partial charge in [0.05, 0.1) is 27.7 Å². The van der Waals surface area contributed by atoms with Crippen molar-refractivity contribution in [1.82, 2.24) is 0 Å². The van der Waals surface area contributed by atoms with Crippen molar-refractivity contribution in [2.45, 2.75) is 354 Å². The van der Waals surface area contributed by atoms with Crippen molar-refractivity contribution in [3.05, 3.63) is 24.3 Å². The molecule has 0 saturated heterocycles. The molecule has 0 aliphatic rings. The van der Waals surface area contributed by atoms with E-state index >= 15 is 0 Å². The van der Waals surface area contributed by atoms with E-state index in [0.29, 0.717) is 17.4 Å². The lowest BCUT2D eigenvalue weighted by atomic mass is 10.0. The van der Waals surface area contributed by atoms with Gasteiger partial charge >= 0.3 is 11.9 Å². The van der Waals surface area contributed by atoms with Gasteiger partial charge in [0.2, 0.25) is 0 Å². The monoisotopic (exact) mass is 1120 g/mol. The Morgan fingerprint density at radius 3 is 0.962 bits per heavy atom. The number of ether oxygens (including phenoxy) is 2. The van der Waals surface area contributed by atoms with Gasteiger partial charge in [-0.15, -0.1) is 0 Å². The van der Waals surface area contributed by atoms with E-state index in [1.165, 1.54) is 263 Å². The van der Waals surface area contributed by atoms with Crippen LogP contribution in [0.4, 0.5) is 0 Å². The molecule has 0 spiro atoms. The third-order valence-electron chi connectivity index (χ3n) is 15.4. The second-order valence-corrected chi connectivity index (χ2v) is 25.9. The van der Waals surface area contributed by atoms with Crippen LogP contribution in [0.3, 0.4) is 0 Å². The first-order valence-corrected chi connectivity index (χ1v) is 35.5. The average molecular weight is 1120 g/mol. The number of phosphoric acid groups is 1. The second-order valence-electron chi connectivity index (χ2n) is 24.5. The van der Waals surface area contributed by atoms with Crippen molar-refractivity contribution in [2.24, 2.45) is 0 Å². The molecule has 462 valence electrons. The molecule has 0 saturated carbocycles. The van der Waals surface area contributed by atoms with Crippen LogP contribution in [0, 0.1) is 0 Å². The smallest absolute Gasteiger partial charge is 0.306 e. The highest BCUT2D eigenvalue weighted by atomic mass is 31.2. The Kier molecular flexibility index (Phi) is 58.9. The van der Waals surface area contributed by atoms with E-state index < -0.39 is 26.5 Å². The van der Waals surface area contributed by atoms with Crippen molar-refractivity contribution in [3.8, 4) is 0 Å². The Labute approximate surface area is 485 Å². The zero-order valence-corrected chi connectivity index (χ0v) is 53.5. The summed E-state index contributed by atoms with van der Waals surface area (Å²) < 4.78 is 34.2. The summed E-state index contributed by atoms with van der Waals surface area (Å²) in [6.45, 7) is 4.26. The molecule has 0 radical (unpaired) electrons. The Morgan fingerprint density at radius 1 is 0.385 bits per heavy atom. The Balaban J connectivity index is 3.81. The molecule has 0 aromatic rings. The zero-order valence-electron chi connectivity index (χ0n) is 52.6. The number of unbranched alkanes of at least 4 members (excludes halogenated alkanes) is 46. The number of hydrogen-bond acceptors (Lipinski definition) is 8. The Hall–Kier alpha value is -1.51. The van der Waals surface area contributed by atoms with Crippen LogP contribution >= 0.6 is 7.82 Å². The molecule has 0 aliphatic heterocycles. The summed E-state index contributed by atoms with van der Waals surface area (Å²) in [5.41, 5.74) is 0. The second kappa shape index (κ2) is 60.1. The summed E-state index contributed by atoms with van der Waals surface area (Å²) in [6, 6.07) is 0. The van der Waals surface area contributed by atoms with Gasteiger partial charge in [-0.05, 0) is 64.2 Å². The summed E-state index contributed by atoms with van der Waals surface area (Å²) in [6.07, 6.45) is 74.4. The van der Waals surface area contributed by atoms with E-state index in [2.05, 4.69) is 38.2 Å². The molecule has 10 heteroatoms. The third-order valence-corrected chi connectivity index (χ3v) is 16.4. The van der Waals surface area contributed by atoms with Gasteiger partial charge in [-0.2, -0.15) is 0 Å².